The number of hydrogen-bond donors (Lipinski definition) is 1. The first kappa shape index (κ1) is 16.2. The van der Waals surface area contributed by atoms with E-state index < -0.39 is 16.9 Å². The van der Waals surface area contributed by atoms with Gasteiger partial charge in [-0.3, -0.25) is 10.1 Å². The number of aryl methyl sites for hydroxylation is 1. The molecular formula is C12H16ClN3O4. The van der Waals surface area contributed by atoms with Crippen LogP contribution in [0.2, 0.25) is 5.15 Å². The summed E-state index contributed by atoms with van der Waals surface area (Å²) in [5.41, 5.74) is 0.178. The summed E-state index contributed by atoms with van der Waals surface area (Å²) < 4.78 is 4.67. The SMILES string of the molecule is CCC[C@H](Nc1nc(Cl)cc(C)c1[N+](=O)[O-])C(=O)OC. The molecule has 0 bridgehead atoms. The molecule has 0 saturated heterocycles. The van der Waals surface area contributed by atoms with Crippen molar-refractivity contribution in [1.82, 2.24) is 4.98 Å². The molecule has 0 unspecified atom stereocenters. The molecule has 1 N–H and O–H groups in total. The molecule has 0 aromatic carbocycles. The summed E-state index contributed by atoms with van der Waals surface area (Å²) >= 11 is 5.81. The normalized spacial score (nSPS) is 11.8. The number of esters is 1. The summed E-state index contributed by atoms with van der Waals surface area (Å²) in [6, 6.07) is 0.701. The Bertz CT molecular complexity index is 522. The number of hydrogen-bond acceptors (Lipinski definition) is 6. The first-order valence-electron chi connectivity index (χ1n) is 6.06. The highest BCUT2D eigenvalue weighted by molar-refractivity contribution is 6.29. The van der Waals surface area contributed by atoms with E-state index in [1.165, 1.54) is 13.2 Å². The number of nitro groups is 1. The fourth-order valence-corrected chi connectivity index (χ4v) is 2.05. The largest absolute Gasteiger partial charge is 0.467 e. The van der Waals surface area contributed by atoms with Gasteiger partial charge in [0.25, 0.3) is 0 Å². The molecule has 7 nitrogen and oxygen atoms in total. The van der Waals surface area contributed by atoms with Crippen LogP contribution in [-0.2, 0) is 9.53 Å². The van der Waals surface area contributed by atoms with Crippen molar-refractivity contribution in [3.05, 3.63) is 26.9 Å². The van der Waals surface area contributed by atoms with Crippen LogP contribution in [0.15, 0.2) is 6.07 Å². The third-order valence-corrected chi connectivity index (χ3v) is 2.90. The van der Waals surface area contributed by atoms with Crippen molar-refractivity contribution in [2.45, 2.75) is 32.7 Å². The minimum absolute atomic E-state index is 0.0242. The van der Waals surface area contributed by atoms with Crippen molar-refractivity contribution < 1.29 is 14.5 Å². The average Bonchev–Trinajstić information content (AvgIpc) is 2.35. The number of nitrogens with one attached hydrogen (secondary N) is 1. The third kappa shape index (κ3) is 3.80. The standard InChI is InChI=1S/C12H16ClN3O4/c1-4-5-8(12(17)20-3)14-11-10(16(18)19)7(2)6-9(13)15-11/h6,8H,4-5H2,1-3H3,(H,14,15)/t8-/m0/s1. The molecule has 1 aromatic rings. The van der Waals surface area contributed by atoms with Crippen LogP contribution in [0.5, 0.6) is 0 Å². The maximum absolute atomic E-state index is 11.6. The molecule has 0 saturated carbocycles. The summed E-state index contributed by atoms with van der Waals surface area (Å²) in [7, 11) is 1.26. The van der Waals surface area contributed by atoms with Crippen molar-refractivity contribution in [2.24, 2.45) is 0 Å². The number of rotatable bonds is 6. The molecule has 0 aliphatic carbocycles. The van der Waals surface area contributed by atoms with Gasteiger partial charge in [-0.05, 0) is 19.4 Å². The van der Waals surface area contributed by atoms with E-state index >= 15 is 0 Å². The predicted molar refractivity (Wildman–Crippen MR) is 75.0 cm³/mol. The van der Waals surface area contributed by atoms with Crippen molar-refractivity contribution in [1.29, 1.82) is 0 Å². The van der Waals surface area contributed by atoms with Crippen LogP contribution in [0.1, 0.15) is 25.3 Å². The lowest BCUT2D eigenvalue weighted by Gasteiger charge is -2.16. The first-order chi connectivity index (χ1) is 9.40. The number of halogens is 1. The van der Waals surface area contributed by atoms with E-state index in [1.807, 2.05) is 6.92 Å². The zero-order valence-corrected chi connectivity index (χ0v) is 12.2. The highest BCUT2D eigenvalue weighted by Gasteiger charge is 2.25. The summed E-state index contributed by atoms with van der Waals surface area (Å²) in [6.07, 6.45) is 1.18. The molecule has 0 aliphatic heterocycles. The van der Waals surface area contributed by atoms with Crippen LogP contribution in [0.4, 0.5) is 11.5 Å². The quantitative estimate of drug-likeness (QED) is 0.376. The predicted octanol–water partition coefficient (Wildman–Crippen LogP) is 2.71. The van der Waals surface area contributed by atoms with E-state index in [-0.39, 0.29) is 16.7 Å². The number of carbonyl (C=O) groups excluding carboxylic acids is 1. The Kier molecular flexibility index (Phi) is 5.69. The van der Waals surface area contributed by atoms with Crippen LogP contribution in [0.25, 0.3) is 0 Å². The molecule has 110 valence electrons. The number of aromatic nitrogens is 1. The molecule has 0 radical (unpaired) electrons. The molecule has 1 heterocycles. The fraction of sp³-hybridized carbons (Fsp3) is 0.500. The molecule has 1 rings (SSSR count). The number of anilines is 1. The molecule has 0 fully saturated rings. The van der Waals surface area contributed by atoms with E-state index in [0.717, 1.165) is 0 Å². The van der Waals surface area contributed by atoms with Gasteiger partial charge in [0, 0.05) is 5.56 Å². The van der Waals surface area contributed by atoms with Gasteiger partial charge in [-0.15, -0.1) is 0 Å². The fourth-order valence-electron chi connectivity index (χ4n) is 1.80. The van der Waals surface area contributed by atoms with Gasteiger partial charge in [0.15, 0.2) is 0 Å². The maximum atomic E-state index is 11.6. The van der Waals surface area contributed by atoms with Gasteiger partial charge < -0.3 is 10.1 Å². The van der Waals surface area contributed by atoms with Crippen LogP contribution in [0, 0.1) is 17.0 Å². The average molecular weight is 302 g/mol. The van der Waals surface area contributed by atoms with Crippen LogP contribution < -0.4 is 5.32 Å². The Balaban J connectivity index is 3.17. The second-order valence-corrected chi connectivity index (χ2v) is 4.61. The minimum atomic E-state index is -0.700. The molecule has 1 aromatic heterocycles. The Morgan fingerprint density at radius 1 is 1.65 bits per heavy atom. The van der Waals surface area contributed by atoms with Crippen molar-refractivity contribution >= 4 is 29.1 Å². The molecule has 0 amide bonds. The zero-order valence-electron chi connectivity index (χ0n) is 11.5. The van der Waals surface area contributed by atoms with Gasteiger partial charge >= 0.3 is 11.7 Å². The number of methoxy groups -OCH3 is 1. The topological polar surface area (TPSA) is 94.4 Å². The molecule has 8 heteroatoms. The maximum Gasteiger partial charge on any atom is 0.328 e. The smallest absolute Gasteiger partial charge is 0.328 e. The van der Waals surface area contributed by atoms with Crippen molar-refractivity contribution in [2.75, 3.05) is 12.4 Å². The summed E-state index contributed by atoms with van der Waals surface area (Å²) in [4.78, 5) is 26.1. The van der Waals surface area contributed by atoms with Gasteiger partial charge in [0.1, 0.15) is 11.2 Å². The number of ether oxygens (including phenoxy) is 1. The van der Waals surface area contributed by atoms with Gasteiger partial charge in [-0.1, -0.05) is 24.9 Å². The third-order valence-electron chi connectivity index (χ3n) is 2.71. The van der Waals surface area contributed by atoms with Crippen LogP contribution in [0.3, 0.4) is 0 Å². The van der Waals surface area contributed by atoms with Crippen molar-refractivity contribution in [3.8, 4) is 0 Å². The Morgan fingerprint density at radius 2 is 2.30 bits per heavy atom. The number of pyridine rings is 1. The molecule has 0 spiro atoms. The Labute approximate surface area is 121 Å². The van der Waals surface area contributed by atoms with Gasteiger partial charge in [-0.25, -0.2) is 9.78 Å². The zero-order chi connectivity index (χ0) is 15.3. The van der Waals surface area contributed by atoms with Crippen LogP contribution >= 0.6 is 11.6 Å². The lowest BCUT2D eigenvalue weighted by Crippen LogP contribution is -2.31. The Morgan fingerprint density at radius 3 is 2.80 bits per heavy atom. The molecular weight excluding hydrogens is 286 g/mol. The molecule has 1 atom stereocenters. The second-order valence-electron chi connectivity index (χ2n) is 4.22. The lowest BCUT2D eigenvalue weighted by molar-refractivity contribution is -0.384. The monoisotopic (exact) mass is 301 g/mol. The number of nitrogens with zero attached hydrogens (tertiary/aromatic N) is 2. The Hall–Kier alpha value is -1.89. The highest BCUT2D eigenvalue weighted by atomic mass is 35.5. The summed E-state index contributed by atoms with van der Waals surface area (Å²) in [6.45, 7) is 3.45. The van der Waals surface area contributed by atoms with E-state index in [9.17, 15) is 14.9 Å². The second kappa shape index (κ2) is 7.04. The summed E-state index contributed by atoms with van der Waals surface area (Å²) in [5, 5.41) is 14.0. The minimum Gasteiger partial charge on any atom is -0.467 e. The van der Waals surface area contributed by atoms with Gasteiger partial charge in [-0.2, -0.15) is 0 Å². The van der Waals surface area contributed by atoms with Crippen molar-refractivity contribution in [3.63, 3.8) is 0 Å². The van der Waals surface area contributed by atoms with E-state index in [4.69, 9.17) is 11.6 Å². The highest BCUT2D eigenvalue weighted by Crippen LogP contribution is 2.29. The molecule has 20 heavy (non-hydrogen) atoms. The van der Waals surface area contributed by atoms with E-state index in [1.54, 1.807) is 6.92 Å². The van der Waals surface area contributed by atoms with E-state index in [0.29, 0.717) is 18.4 Å². The van der Waals surface area contributed by atoms with Crippen LogP contribution in [-0.4, -0.2) is 29.0 Å². The van der Waals surface area contributed by atoms with Gasteiger partial charge in [0.05, 0.1) is 12.0 Å². The number of carbonyl (C=O) groups is 1. The lowest BCUT2D eigenvalue weighted by atomic mass is 10.1. The van der Waals surface area contributed by atoms with E-state index in [2.05, 4.69) is 15.0 Å². The summed E-state index contributed by atoms with van der Waals surface area (Å²) in [5.74, 6) is -0.524. The molecule has 0 aliphatic rings. The first-order valence-corrected chi connectivity index (χ1v) is 6.44. The van der Waals surface area contributed by atoms with Gasteiger partial charge in [0.2, 0.25) is 5.82 Å².